The first-order chi connectivity index (χ1) is 9.65. The zero-order valence-electron chi connectivity index (χ0n) is 13.0. The van der Waals surface area contributed by atoms with Gasteiger partial charge in [0.2, 0.25) is 0 Å². The number of piperidine rings is 1. The molecule has 2 saturated heterocycles. The monoisotopic (exact) mass is 273 g/mol. The fourth-order valence-corrected chi connectivity index (χ4v) is 3.66. The van der Waals surface area contributed by atoms with Gasteiger partial charge in [-0.15, -0.1) is 0 Å². The van der Waals surface area contributed by atoms with Crippen molar-refractivity contribution in [3.05, 3.63) is 29.8 Å². The molecule has 0 spiro atoms. The van der Waals surface area contributed by atoms with Crippen molar-refractivity contribution in [2.75, 3.05) is 38.6 Å². The van der Waals surface area contributed by atoms with Crippen molar-refractivity contribution in [3.8, 4) is 0 Å². The molecule has 3 rings (SSSR count). The van der Waals surface area contributed by atoms with Crippen LogP contribution in [0.4, 0.5) is 5.69 Å². The van der Waals surface area contributed by atoms with Crippen molar-refractivity contribution in [2.45, 2.75) is 31.8 Å². The zero-order valence-corrected chi connectivity index (χ0v) is 13.0. The summed E-state index contributed by atoms with van der Waals surface area (Å²) >= 11 is 0. The molecule has 3 unspecified atom stereocenters. The number of nitrogens with one attached hydrogen (secondary N) is 1. The van der Waals surface area contributed by atoms with Crippen LogP contribution in [0.15, 0.2) is 24.3 Å². The lowest BCUT2D eigenvalue weighted by atomic mass is 9.94. The minimum atomic E-state index is 0.526. The second-order valence-corrected chi connectivity index (χ2v) is 6.58. The maximum absolute atomic E-state index is 3.69. The molecule has 1 N–H and O–H groups in total. The van der Waals surface area contributed by atoms with E-state index in [-0.39, 0.29) is 0 Å². The standard InChI is InChI=1S/C17H27N3/c1-13(14-6-8-16(9-7-14)19(2)3)20-11-15-5-4-10-18-17(15)12-20/h6-9,13,15,17-18H,4-5,10-12H2,1-3H3. The van der Waals surface area contributed by atoms with Gasteiger partial charge < -0.3 is 10.2 Å². The fourth-order valence-electron chi connectivity index (χ4n) is 3.66. The highest BCUT2D eigenvalue weighted by molar-refractivity contribution is 5.46. The van der Waals surface area contributed by atoms with Gasteiger partial charge in [0.05, 0.1) is 0 Å². The molecule has 3 nitrogen and oxygen atoms in total. The van der Waals surface area contributed by atoms with Gasteiger partial charge in [-0.3, -0.25) is 4.90 Å². The average molecular weight is 273 g/mol. The smallest absolute Gasteiger partial charge is 0.0361 e. The Morgan fingerprint density at radius 1 is 1.20 bits per heavy atom. The summed E-state index contributed by atoms with van der Waals surface area (Å²) in [6.07, 6.45) is 2.75. The lowest BCUT2D eigenvalue weighted by Gasteiger charge is -2.25. The lowest BCUT2D eigenvalue weighted by Crippen LogP contribution is -2.40. The van der Waals surface area contributed by atoms with Crippen molar-refractivity contribution in [1.29, 1.82) is 0 Å². The lowest BCUT2D eigenvalue weighted by molar-refractivity contribution is 0.251. The molecule has 3 atom stereocenters. The van der Waals surface area contributed by atoms with Gasteiger partial charge in [-0.2, -0.15) is 0 Å². The normalized spacial score (nSPS) is 28.1. The third-order valence-electron chi connectivity index (χ3n) is 5.07. The quantitative estimate of drug-likeness (QED) is 0.913. The van der Waals surface area contributed by atoms with Crippen molar-refractivity contribution in [1.82, 2.24) is 10.2 Å². The van der Waals surface area contributed by atoms with Gasteiger partial charge >= 0.3 is 0 Å². The zero-order chi connectivity index (χ0) is 14.1. The third kappa shape index (κ3) is 2.70. The summed E-state index contributed by atoms with van der Waals surface area (Å²) in [5, 5.41) is 3.69. The summed E-state index contributed by atoms with van der Waals surface area (Å²) in [5.41, 5.74) is 2.71. The number of rotatable bonds is 3. The largest absolute Gasteiger partial charge is 0.378 e. The Bertz CT molecular complexity index is 426. The highest BCUT2D eigenvalue weighted by Crippen LogP contribution is 2.31. The van der Waals surface area contributed by atoms with Crippen molar-refractivity contribution >= 4 is 5.69 Å². The first-order valence-electron chi connectivity index (χ1n) is 7.90. The highest BCUT2D eigenvalue weighted by atomic mass is 15.2. The van der Waals surface area contributed by atoms with Crippen LogP contribution in [-0.4, -0.2) is 44.7 Å². The number of fused-ring (bicyclic) bond motifs is 1. The maximum atomic E-state index is 3.69. The molecule has 2 fully saturated rings. The average Bonchev–Trinajstić information content (AvgIpc) is 2.90. The molecule has 0 aromatic heterocycles. The molecule has 2 aliphatic rings. The summed E-state index contributed by atoms with van der Waals surface area (Å²) in [6, 6.07) is 10.3. The minimum absolute atomic E-state index is 0.526. The van der Waals surface area contributed by atoms with E-state index in [2.05, 4.69) is 60.4 Å². The first kappa shape index (κ1) is 13.9. The number of nitrogens with zero attached hydrogens (tertiary/aromatic N) is 2. The summed E-state index contributed by atoms with van der Waals surface area (Å²) in [7, 11) is 4.19. The highest BCUT2D eigenvalue weighted by Gasteiger charge is 2.36. The molecule has 3 heteroatoms. The molecule has 1 aromatic rings. The second-order valence-electron chi connectivity index (χ2n) is 6.58. The summed E-state index contributed by atoms with van der Waals surface area (Å²) in [6.45, 7) is 6.03. The van der Waals surface area contributed by atoms with Crippen molar-refractivity contribution in [3.63, 3.8) is 0 Å². The number of benzene rings is 1. The van der Waals surface area contributed by atoms with Gasteiger partial charge in [-0.1, -0.05) is 12.1 Å². The minimum Gasteiger partial charge on any atom is -0.378 e. The summed E-state index contributed by atoms with van der Waals surface area (Å²) in [5.74, 6) is 0.868. The SMILES string of the molecule is CC(c1ccc(N(C)C)cc1)N1CC2CCCNC2C1. The fraction of sp³-hybridized carbons (Fsp3) is 0.647. The van der Waals surface area contributed by atoms with Gasteiger partial charge in [0.15, 0.2) is 0 Å². The van der Waals surface area contributed by atoms with Crippen molar-refractivity contribution < 1.29 is 0 Å². The van der Waals surface area contributed by atoms with E-state index in [0.717, 1.165) is 12.0 Å². The van der Waals surface area contributed by atoms with E-state index in [9.17, 15) is 0 Å². The molecule has 2 aliphatic heterocycles. The molecule has 1 aromatic carbocycles. The van der Waals surface area contributed by atoms with Crippen LogP contribution < -0.4 is 10.2 Å². The Morgan fingerprint density at radius 2 is 1.95 bits per heavy atom. The maximum Gasteiger partial charge on any atom is 0.0361 e. The van der Waals surface area contributed by atoms with Gasteiger partial charge in [-0.05, 0) is 49.9 Å². The summed E-state index contributed by atoms with van der Waals surface area (Å²) in [4.78, 5) is 4.81. The van der Waals surface area contributed by atoms with Crippen LogP contribution in [0, 0.1) is 5.92 Å². The molecule has 0 aliphatic carbocycles. The predicted molar refractivity (Wildman–Crippen MR) is 85.3 cm³/mol. The van der Waals surface area contributed by atoms with E-state index in [4.69, 9.17) is 0 Å². The van der Waals surface area contributed by atoms with Crippen LogP contribution >= 0.6 is 0 Å². The van der Waals surface area contributed by atoms with E-state index in [1.807, 2.05) is 0 Å². The van der Waals surface area contributed by atoms with E-state index < -0.39 is 0 Å². The van der Waals surface area contributed by atoms with E-state index in [1.165, 1.54) is 43.7 Å². The molecular formula is C17H27N3. The summed E-state index contributed by atoms with van der Waals surface area (Å²) < 4.78 is 0. The van der Waals surface area contributed by atoms with Crippen LogP contribution in [0.1, 0.15) is 31.4 Å². The molecule has 0 bridgehead atoms. The topological polar surface area (TPSA) is 18.5 Å². The van der Waals surface area contributed by atoms with Gasteiger partial charge in [0.25, 0.3) is 0 Å². The van der Waals surface area contributed by atoms with Gasteiger partial charge in [0, 0.05) is 45.0 Å². The Kier molecular flexibility index (Phi) is 3.99. The van der Waals surface area contributed by atoms with Crippen molar-refractivity contribution in [2.24, 2.45) is 5.92 Å². The van der Waals surface area contributed by atoms with Crippen LogP contribution in [0.25, 0.3) is 0 Å². The van der Waals surface area contributed by atoms with Crippen LogP contribution in [0.2, 0.25) is 0 Å². The third-order valence-corrected chi connectivity index (χ3v) is 5.07. The van der Waals surface area contributed by atoms with Gasteiger partial charge in [0.1, 0.15) is 0 Å². The number of hydrogen-bond acceptors (Lipinski definition) is 3. The predicted octanol–water partition coefficient (Wildman–Crippen LogP) is 2.50. The first-order valence-corrected chi connectivity index (χ1v) is 7.90. The van der Waals surface area contributed by atoms with Crippen LogP contribution in [0.5, 0.6) is 0 Å². The van der Waals surface area contributed by atoms with Crippen LogP contribution in [0.3, 0.4) is 0 Å². The molecule has 20 heavy (non-hydrogen) atoms. The Balaban J connectivity index is 1.68. The molecular weight excluding hydrogens is 246 g/mol. The van der Waals surface area contributed by atoms with E-state index in [0.29, 0.717) is 6.04 Å². The molecule has 110 valence electrons. The Labute approximate surface area is 123 Å². The Hall–Kier alpha value is -1.06. The van der Waals surface area contributed by atoms with Gasteiger partial charge in [-0.25, -0.2) is 0 Å². The number of hydrogen-bond donors (Lipinski definition) is 1. The molecule has 0 amide bonds. The van der Waals surface area contributed by atoms with E-state index >= 15 is 0 Å². The second kappa shape index (κ2) is 5.74. The number of anilines is 1. The molecule has 2 heterocycles. The number of likely N-dealkylation sites (tertiary alicyclic amines) is 1. The molecule has 0 radical (unpaired) electrons. The van der Waals surface area contributed by atoms with E-state index in [1.54, 1.807) is 0 Å². The van der Waals surface area contributed by atoms with Crippen LogP contribution in [-0.2, 0) is 0 Å². The Morgan fingerprint density at radius 3 is 2.60 bits per heavy atom. The molecule has 0 saturated carbocycles.